The molecule has 1 fully saturated rings. The molecule has 0 bridgehead atoms. The number of thioether (sulfide) groups is 1. The second kappa shape index (κ2) is 6.11. The molecule has 0 aromatic carbocycles. The molecule has 98 valence electrons. The second-order valence-corrected chi connectivity index (χ2v) is 7.63. The molecule has 2 nitrogen and oxygen atoms in total. The Labute approximate surface area is 111 Å². The second-order valence-electron chi connectivity index (χ2n) is 5.94. The minimum Gasteiger partial charge on any atom is -0.297 e. The summed E-state index contributed by atoms with van der Waals surface area (Å²) in [5, 5.41) is 14.2. The maximum absolute atomic E-state index is 9.40. The first-order valence-electron chi connectivity index (χ1n) is 6.73. The first-order chi connectivity index (χ1) is 7.88. The Morgan fingerprint density at radius 2 is 1.94 bits per heavy atom. The quantitative estimate of drug-likeness (QED) is 0.814. The van der Waals surface area contributed by atoms with Gasteiger partial charge in [0.05, 0.1) is 6.07 Å². The Balaban J connectivity index is 2.53. The van der Waals surface area contributed by atoms with Gasteiger partial charge in [-0.15, -0.1) is 0 Å². The molecule has 1 N–H and O–H groups in total. The Morgan fingerprint density at radius 3 is 2.41 bits per heavy atom. The van der Waals surface area contributed by atoms with Gasteiger partial charge < -0.3 is 0 Å². The van der Waals surface area contributed by atoms with Crippen molar-refractivity contribution < 1.29 is 0 Å². The summed E-state index contributed by atoms with van der Waals surface area (Å²) in [5.74, 6) is 0.718. The van der Waals surface area contributed by atoms with Crippen LogP contribution in [0.3, 0.4) is 0 Å². The molecule has 3 unspecified atom stereocenters. The van der Waals surface area contributed by atoms with Crippen molar-refractivity contribution in [2.24, 2.45) is 5.92 Å². The molecule has 3 atom stereocenters. The zero-order valence-corrected chi connectivity index (χ0v) is 12.6. The Kier molecular flexibility index (Phi) is 5.34. The van der Waals surface area contributed by atoms with Gasteiger partial charge in [0, 0.05) is 16.5 Å². The third kappa shape index (κ3) is 4.19. The fourth-order valence-corrected chi connectivity index (χ4v) is 3.95. The molecule has 1 aliphatic carbocycles. The normalized spacial score (nSPS) is 30.8. The summed E-state index contributed by atoms with van der Waals surface area (Å²) < 4.78 is 0. The van der Waals surface area contributed by atoms with E-state index < -0.39 is 0 Å². The van der Waals surface area contributed by atoms with Crippen LogP contribution in [0, 0.1) is 17.2 Å². The van der Waals surface area contributed by atoms with Gasteiger partial charge in [-0.1, -0.05) is 20.8 Å². The van der Waals surface area contributed by atoms with Crippen LogP contribution in [0.1, 0.15) is 53.9 Å². The van der Waals surface area contributed by atoms with Gasteiger partial charge in [-0.2, -0.15) is 17.0 Å². The van der Waals surface area contributed by atoms with Gasteiger partial charge in [0.1, 0.15) is 5.54 Å². The molecule has 1 rings (SSSR count). The van der Waals surface area contributed by atoms with Crippen LogP contribution < -0.4 is 5.32 Å². The van der Waals surface area contributed by atoms with Gasteiger partial charge in [0.15, 0.2) is 0 Å². The van der Waals surface area contributed by atoms with E-state index in [1.807, 2.05) is 0 Å². The molecule has 0 spiro atoms. The van der Waals surface area contributed by atoms with Crippen molar-refractivity contribution in [3.05, 3.63) is 0 Å². The van der Waals surface area contributed by atoms with E-state index in [1.165, 1.54) is 6.42 Å². The summed E-state index contributed by atoms with van der Waals surface area (Å²) in [4.78, 5) is 0. The molecule has 0 aliphatic heterocycles. The highest BCUT2D eigenvalue weighted by molar-refractivity contribution is 8.00. The van der Waals surface area contributed by atoms with Crippen molar-refractivity contribution in [1.29, 1.82) is 5.26 Å². The highest BCUT2D eigenvalue weighted by atomic mass is 32.2. The fourth-order valence-electron chi connectivity index (χ4n) is 2.39. The highest BCUT2D eigenvalue weighted by Gasteiger charge is 2.40. The third-order valence-corrected chi connectivity index (χ3v) is 5.36. The van der Waals surface area contributed by atoms with E-state index in [1.54, 1.807) is 0 Å². The summed E-state index contributed by atoms with van der Waals surface area (Å²) in [6.45, 7) is 11.1. The molecular formula is C14H26N2S. The van der Waals surface area contributed by atoms with Crippen LogP contribution in [0.15, 0.2) is 0 Å². The van der Waals surface area contributed by atoms with Crippen molar-refractivity contribution in [3.63, 3.8) is 0 Å². The smallest absolute Gasteiger partial charge is 0.108 e. The Bertz CT molecular complexity index is 282. The Hall–Kier alpha value is -0.200. The number of hydrogen-bond donors (Lipinski definition) is 1. The van der Waals surface area contributed by atoms with Crippen LogP contribution in [-0.4, -0.2) is 22.1 Å². The molecule has 0 aromatic heterocycles. The van der Waals surface area contributed by atoms with Gasteiger partial charge in [0.25, 0.3) is 0 Å². The van der Waals surface area contributed by atoms with E-state index in [-0.39, 0.29) is 5.54 Å². The maximum atomic E-state index is 9.40. The lowest BCUT2D eigenvalue weighted by Crippen LogP contribution is -2.45. The van der Waals surface area contributed by atoms with Gasteiger partial charge in [-0.25, -0.2) is 0 Å². The molecule has 17 heavy (non-hydrogen) atoms. The summed E-state index contributed by atoms with van der Waals surface area (Å²) in [5.41, 5.74) is -0.261. The van der Waals surface area contributed by atoms with Gasteiger partial charge in [0.2, 0.25) is 0 Å². The van der Waals surface area contributed by atoms with Crippen LogP contribution in [0.5, 0.6) is 0 Å². The van der Waals surface area contributed by atoms with Gasteiger partial charge >= 0.3 is 0 Å². The zero-order valence-electron chi connectivity index (χ0n) is 11.8. The molecule has 1 saturated carbocycles. The molecule has 3 heteroatoms. The van der Waals surface area contributed by atoms with Crippen molar-refractivity contribution in [2.45, 2.75) is 76.0 Å². The third-order valence-electron chi connectivity index (χ3n) is 3.59. The van der Waals surface area contributed by atoms with Crippen LogP contribution in [-0.2, 0) is 0 Å². The molecule has 1 aliphatic rings. The molecule has 0 saturated heterocycles. The number of hydrogen-bond acceptors (Lipinski definition) is 3. The SMILES string of the molecule is CC(C)NC1(C#N)CCC(SC(C)C(C)C)C1. The predicted octanol–water partition coefficient (Wildman–Crippen LogP) is 3.58. The number of nitrogens with zero attached hydrogens (tertiary/aromatic N) is 1. The molecular weight excluding hydrogens is 228 g/mol. The van der Waals surface area contributed by atoms with Crippen molar-refractivity contribution in [2.75, 3.05) is 0 Å². The standard InChI is InChI=1S/C14H26N2S/c1-10(2)12(5)17-13-6-7-14(8-13,9-15)16-11(3)4/h10-13,16H,6-8H2,1-5H3. The fraction of sp³-hybridized carbons (Fsp3) is 0.929. The summed E-state index contributed by atoms with van der Waals surface area (Å²) in [7, 11) is 0. The lowest BCUT2D eigenvalue weighted by molar-refractivity contribution is 0.386. The predicted molar refractivity (Wildman–Crippen MR) is 76.1 cm³/mol. The molecule has 0 heterocycles. The average Bonchev–Trinajstić information content (AvgIpc) is 2.61. The number of nitrogens with one attached hydrogen (secondary N) is 1. The molecule has 0 radical (unpaired) electrons. The molecule has 0 amide bonds. The first-order valence-corrected chi connectivity index (χ1v) is 7.67. The van der Waals surface area contributed by atoms with E-state index in [2.05, 4.69) is 57.8 Å². The van der Waals surface area contributed by atoms with Crippen molar-refractivity contribution in [3.8, 4) is 6.07 Å². The summed E-state index contributed by atoms with van der Waals surface area (Å²) in [6, 6.07) is 2.91. The van der Waals surface area contributed by atoms with Crippen LogP contribution in [0.25, 0.3) is 0 Å². The highest BCUT2D eigenvalue weighted by Crippen LogP contribution is 2.40. The van der Waals surface area contributed by atoms with Gasteiger partial charge in [-0.05, 0) is 39.0 Å². The van der Waals surface area contributed by atoms with E-state index >= 15 is 0 Å². The van der Waals surface area contributed by atoms with Crippen molar-refractivity contribution in [1.82, 2.24) is 5.32 Å². The maximum Gasteiger partial charge on any atom is 0.108 e. The van der Waals surface area contributed by atoms with Crippen LogP contribution >= 0.6 is 11.8 Å². The zero-order chi connectivity index (χ0) is 13.1. The van der Waals surface area contributed by atoms with E-state index in [4.69, 9.17) is 0 Å². The van der Waals surface area contributed by atoms with Crippen molar-refractivity contribution >= 4 is 11.8 Å². The van der Waals surface area contributed by atoms with Crippen LogP contribution in [0.4, 0.5) is 0 Å². The molecule has 0 aromatic rings. The number of nitriles is 1. The minimum absolute atomic E-state index is 0.261. The van der Waals surface area contributed by atoms with Crippen LogP contribution in [0.2, 0.25) is 0 Å². The largest absolute Gasteiger partial charge is 0.297 e. The van der Waals surface area contributed by atoms with E-state index in [9.17, 15) is 5.26 Å². The summed E-state index contributed by atoms with van der Waals surface area (Å²) in [6.07, 6.45) is 3.18. The number of rotatable bonds is 5. The average molecular weight is 254 g/mol. The Morgan fingerprint density at radius 1 is 1.29 bits per heavy atom. The topological polar surface area (TPSA) is 35.8 Å². The first kappa shape index (κ1) is 14.9. The van der Waals surface area contributed by atoms with E-state index in [0.717, 1.165) is 18.8 Å². The van der Waals surface area contributed by atoms with E-state index in [0.29, 0.717) is 16.5 Å². The lowest BCUT2D eigenvalue weighted by Gasteiger charge is -2.26. The summed E-state index contributed by atoms with van der Waals surface area (Å²) >= 11 is 2.07. The van der Waals surface area contributed by atoms with Gasteiger partial charge in [-0.3, -0.25) is 5.32 Å². The minimum atomic E-state index is -0.261. The lowest BCUT2D eigenvalue weighted by atomic mass is 9.99. The monoisotopic (exact) mass is 254 g/mol.